The second-order valence-electron chi connectivity index (χ2n) is 9.48. The summed E-state index contributed by atoms with van der Waals surface area (Å²) in [6.45, 7) is 6.46. The van der Waals surface area contributed by atoms with Crippen molar-refractivity contribution >= 4 is 28.0 Å². The highest BCUT2D eigenvalue weighted by Gasteiger charge is 2.17. The highest BCUT2D eigenvalue weighted by molar-refractivity contribution is 6.08. The molecule has 0 aliphatic heterocycles. The van der Waals surface area contributed by atoms with Gasteiger partial charge >= 0.3 is 6.16 Å². The van der Waals surface area contributed by atoms with Crippen molar-refractivity contribution in [3.8, 4) is 34.0 Å². The van der Waals surface area contributed by atoms with Crippen molar-refractivity contribution in [1.82, 2.24) is 9.97 Å². The topological polar surface area (TPSA) is 95.4 Å². The first-order chi connectivity index (χ1) is 16.6. The van der Waals surface area contributed by atoms with E-state index in [1.807, 2.05) is 12.1 Å². The Morgan fingerprint density at radius 3 is 2.37 bits per heavy atom. The third-order valence-electron chi connectivity index (χ3n) is 6.03. The second kappa shape index (κ2) is 8.13. The fourth-order valence-corrected chi connectivity index (χ4v) is 4.22. The molecule has 0 amide bonds. The van der Waals surface area contributed by atoms with Crippen molar-refractivity contribution in [1.29, 1.82) is 0 Å². The number of aromatic hydroxyl groups is 1. The number of phenolic OH excluding ortho intramolecular Hbond substituents is 1. The van der Waals surface area contributed by atoms with E-state index in [1.165, 1.54) is 23.8 Å². The molecule has 5 rings (SSSR count). The molecule has 6 nitrogen and oxygen atoms in total. The Bertz CT molecular complexity index is 1600. The molecule has 0 unspecified atom stereocenters. The average molecular weight is 471 g/mol. The van der Waals surface area contributed by atoms with Gasteiger partial charge in [0, 0.05) is 6.07 Å². The van der Waals surface area contributed by atoms with Crippen LogP contribution in [0.3, 0.4) is 0 Å². The maximum absolute atomic E-state index is 14.9. The van der Waals surface area contributed by atoms with Crippen LogP contribution in [0.5, 0.6) is 11.5 Å². The third kappa shape index (κ3) is 4.17. The number of nitrogens with one attached hydrogen (secondary N) is 1. The molecule has 0 fully saturated rings. The van der Waals surface area contributed by atoms with Gasteiger partial charge in [0.25, 0.3) is 0 Å². The summed E-state index contributed by atoms with van der Waals surface area (Å²) in [7, 11) is 0. The molecule has 7 heteroatoms. The number of hydrogen-bond acceptors (Lipinski definition) is 4. The lowest BCUT2D eigenvalue weighted by atomic mass is 9.86. The highest BCUT2D eigenvalue weighted by Crippen LogP contribution is 2.37. The number of fused-ring (bicyclic) bond motifs is 3. The SMILES string of the molecule is CC(C)(C)c1ccc(-c2ccc(F)c(-c3nc4c(ccc5cc(OC(=O)O)cc(O)c54)[nH]3)c2)cc1. The van der Waals surface area contributed by atoms with Gasteiger partial charge in [-0.25, -0.2) is 14.2 Å². The zero-order valence-electron chi connectivity index (χ0n) is 19.4. The van der Waals surface area contributed by atoms with Crippen LogP contribution in [0, 0.1) is 5.82 Å². The van der Waals surface area contributed by atoms with E-state index in [0.717, 1.165) is 11.1 Å². The van der Waals surface area contributed by atoms with E-state index in [2.05, 4.69) is 47.6 Å². The fraction of sp³-hybridized carbons (Fsp3) is 0.143. The van der Waals surface area contributed by atoms with Crippen LogP contribution in [-0.4, -0.2) is 26.3 Å². The number of ether oxygens (including phenoxy) is 1. The number of carbonyl (C=O) groups is 1. The first-order valence-electron chi connectivity index (χ1n) is 11.1. The normalized spacial score (nSPS) is 11.8. The number of phenols is 1. The quantitative estimate of drug-likeness (QED) is 0.191. The van der Waals surface area contributed by atoms with Crippen molar-refractivity contribution in [2.45, 2.75) is 26.2 Å². The summed E-state index contributed by atoms with van der Waals surface area (Å²) in [5.74, 6) is -0.294. The second-order valence-corrected chi connectivity index (χ2v) is 9.48. The molecule has 5 aromatic rings. The highest BCUT2D eigenvalue weighted by atomic mass is 19.1. The summed E-state index contributed by atoms with van der Waals surface area (Å²) in [6, 6.07) is 19.3. The number of hydrogen-bond donors (Lipinski definition) is 3. The molecule has 0 aliphatic rings. The Kier molecular flexibility index (Phi) is 5.20. The molecule has 0 bridgehead atoms. The van der Waals surface area contributed by atoms with Crippen LogP contribution in [0.4, 0.5) is 9.18 Å². The van der Waals surface area contributed by atoms with E-state index < -0.39 is 12.0 Å². The summed E-state index contributed by atoms with van der Waals surface area (Å²) < 4.78 is 19.6. The maximum Gasteiger partial charge on any atom is 0.511 e. The van der Waals surface area contributed by atoms with Crippen LogP contribution in [0.1, 0.15) is 26.3 Å². The number of halogens is 1. The summed E-state index contributed by atoms with van der Waals surface area (Å²) >= 11 is 0. The predicted octanol–water partition coefficient (Wildman–Crippen LogP) is 7.25. The zero-order chi connectivity index (χ0) is 24.9. The summed E-state index contributed by atoms with van der Waals surface area (Å²) in [5.41, 5.74) is 4.41. The molecule has 0 aliphatic carbocycles. The summed E-state index contributed by atoms with van der Waals surface area (Å²) in [6.07, 6.45) is -1.48. The molecule has 0 radical (unpaired) electrons. The zero-order valence-corrected chi connectivity index (χ0v) is 19.4. The van der Waals surface area contributed by atoms with Crippen molar-refractivity contribution in [3.05, 3.63) is 78.1 Å². The molecule has 0 saturated carbocycles. The number of H-pyrrole nitrogens is 1. The lowest BCUT2D eigenvalue weighted by Gasteiger charge is -2.19. The number of imidazole rings is 1. The first-order valence-corrected chi connectivity index (χ1v) is 11.1. The minimum atomic E-state index is -1.48. The molecule has 0 atom stereocenters. The van der Waals surface area contributed by atoms with Crippen molar-refractivity contribution in [2.24, 2.45) is 0 Å². The molecular formula is C28H23FN2O4. The van der Waals surface area contributed by atoms with E-state index in [0.29, 0.717) is 33.2 Å². The molecule has 1 aromatic heterocycles. The van der Waals surface area contributed by atoms with Crippen molar-refractivity contribution < 1.29 is 24.1 Å². The predicted molar refractivity (Wildman–Crippen MR) is 133 cm³/mol. The Morgan fingerprint density at radius 1 is 0.971 bits per heavy atom. The van der Waals surface area contributed by atoms with Gasteiger partial charge in [0.2, 0.25) is 0 Å². The molecule has 0 saturated heterocycles. The van der Waals surface area contributed by atoms with Crippen LogP contribution in [0.15, 0.2) is 66.7 Å². The van der Waals surface area contributed by atoms with Crippen LogP contribution >= 0.6 is 0 Å². The number of nitrogens with zero attached hydrogens (tertiary/aromatic N) is 1. The summed E-state index contributed by atoms with van der Waals surface area (Å²) in [4.78, 5) is 18.6. The minimum Gasteiger partial charge on any atom is -0.507 e. The minimum absolute atomic E-state index is 0.00571. The van der Waals surface area contributed by atoms with Gasteiger partial charge < -0.3 is 19.9 Å². The lowest BCUT2D eigenvalue weighted by Crippen LogP contribution is -2.10. The van der Waals surface area contributed by atoms with Gasteiger partial charge in [-0.2, -0.15) is 0 Å². The number of rotatable bonds is 3. The largest absolute Gasteiger partial charge is 0.511 e. The van der Waals surface area contributed by atoms with E-state index in [4.69, 9.17) is 5.11 Å². The Balaban J connectivity index is 1.60. The van der Waals surface area contributed by atoms with Gasteiger partial charge in [-0.3, -0.25) is 0 Å². The third-order valence-corrected chi connectivity index (χ3v) is 6.03. The van der Waals surface area contributed by atoms with E-state index in [1.54, 1.807) is 24.3 Å². The first kappa shape index (κ1) is 22.4. The van der Waals surface area contributed by atoms with E-state index in [-0.39, 0.29) is 16.9 Å². The van der Waals surface area contributed by atoms with Crippen molar-refractivity contribution in [2.75, 3.05) is 0 Å². The van der Waals surface area contributed by atoms with Gasteiger partial charge in [-0.1, -0.05) is 57.2 Å². The Hall–Kier alpha value is -4.39. The lowest BCUT2D eigenvalue weighted by molar-refractivity contribution is 0.144. The van der Waals surface area contributed by atoms with E-state index in [9.17, 15) is 14.3 Å². The number of carboxylic acid groups (broad SMARTS) is 1. The molecule has 4 aromatic carbocycles. The van der Waals surface area contributed by atoms with Gasteiger partial charge in [-0.15, -0.1) is 0 Å². The van der Waals surface area contributed by atoms with Crippen molar-refractivity contribution in [3.63, 3.8) is 0 Å². The fourth-order valence-electron chi connectivity index (χ4n) is 4.22. The molecule has 176 valence electrons. The molecule has 35 heavy (non-hydrogen) atoms. The van der Waals surface area contributed by atoms with Crippen LogP contribution in [0.2, 0.25) is 0 Å². The maximum atomic E-state index is 14.9. The average Bonchev–Trinajstić information content (AvgIpc) is 3.22. The Morgan fingerprint density at radius 2 is 1.69 bits per heavy atom. The summed E-state index contributed by atoms with van der Waals surface area (Å²) in [5, 5.41) is 20.4. The van der Waals surface area contributed by atoms with Gasteiger partial charge in [0.05, 0.1) is 16.5 Å². The number of benzene rings is 4. The molecule has 3 N–H and O–H groups in total. The van der Waals surface area contributed by atoms with Crippen LogP contribution < -0.4 is 4.74 Å². The Labute approximate surface area is 200 Å². The standard InChI is InChI=1S/C28H23FN2O4/c1-28(2,3)18-8-4-15(5-9-18)16-6-10-21(29)20(13-16)26-30-22-11-7-17-12-19(35-27(33)34)14-23(32)24(17)25(22)31-26/h4-14,32H,1-3H3,(H,30,31)(H,33,34). The van der Waals surface area contributed by atoms with E-state index >= 15 is 0 Å². The van der Waals surface area contributed by atoms with Crippen LogP contribution in [-0.2, 0) is 5.41 Å². The molecule has 0 spiro atoms. The van der Waals surface area contributed by atoms with Gasteiger partial charge in [-0.05, 0) is 51.8 Å². The van der Waals surface area contributed by atoms with Gasteiger partial charge in [0.1, 0.15) is 28.7 Å². The molecular weight excluding hydrogens is 447 g/mol. The van der Waals surface area contributed by atoms with Crippen LogP contribution in [0.25, 0.3) is 44.3 Å². The number of aromatic nitrogens is 2. The smallest absolute Gasteiger partial charge is 0.507 e. The number of aromatic amines is 1. The molecule has 1 heterocycles. The monoisotopic (exact) mass is 470 g/mol. The van der Waals surface area contributed by atoms with Gasteiger partial charge in [0.15, 0.2) is 0 Å².